The Morgan fingerprint density at radius 1 is 0.963 bits per heavy atom. The number of ether oxygens (including phenoxy) is 2. The summed E-state index contributed by atoms with van der Waals surface area (Å²) in [5.41, 5.74) is 1.65. The number of carbonyl (C=O) groups excluding carboxylic acids is 1. The topological polar surface area (TPSA) is 72.5 Å². The number of amides is 1. The Labute approximate surface area is 155 Å². The first-order chi connectivity index (χ1) is 13.2. The molecule has 4 rings (SSSR count). The minimum Gasteiger partial charge on any atom is -0.486 e. The maximum absolute atomic E-state index is 13.8. The third-order valence-electron chi connectivity index (χ3n) is 3.95. The van der Waals surface area contributed by atoms with Crippen molar-refractivity contribution in [1.29, 1.82) is 0 Å². The number of nitrogens with one attached hydrogen (secondary N) is 2. The number of para-hydroxylation sites is 1. The molecule has 0 spiro atoms. The number of nitrogens with zero attached hydrogens (tertiary/aromatic N) is 1. The largest absolute Gasteiger partial charge is 0.486 e. The van der Waals surface area contributed by atoms with Crippen LogP contribution in [0.5, 0.6) is 11.5 Å². The number of halogens is 1. The predicted molar refractivity (Wildman–Crippen MR) is 99.3 cm³/mol. The van der Waals surface area contributed by atoms with Gasteiger partial charge in [-0.25, -0.2) is 4.39 Å². The maximum atomic E-state index is 13.8. The van der Waals surface area contributed by atoms with Crippen molar-refractivity contribution in [2.75, 3.05) is 23.8 Å². The molecule has 0 fully saturated rings. The van der Waals surface area contributed by atoms with Crippen LogP contribution in [-0.2, 0) is 0 Å². The van der Waals surface area contributed by atoms with Crippen LogP contribution < -0.4 is 20.1 Å². The van der Waals surface area contributed by atoms with Gasteiger partial charge >= 0.3 is 0 Å². The van der Waals surface area contributed by atoms with Crippen LogP contribution in [0.3, 0.4) is 0 Å². The van der Waals surface area contributed by atoms with Gasteiger partial charge in [0.15, 0.2) is 11.5 Å². The molecule has 0 unspecified atom stereocenters. The van der Waals surface area contributed by atoms with E-state index in [1.54, 1.807) is 48.5 Å². The molecule has 3 aromatic rings. The third-order valence-corrected chi connectivity index (χ3v) is 3.95. The summed E-state index contributed by atoms with van der Waals surface area (Å²) in [5, 5.41) is 5.71. The summed E-state index contributed by atoms with van der Waals surface area (Å²) < 4.78 is 24.8. The van der Waals surface area contributed by atoms with Gasteiger partial charge < -0.3 is 20.1 Å². The van der Waals surface area contributed by atoms with Crippen LogP contribution in [0.15, 0.2) is 60.8 Å². The highest BCUT2D eigenvalue weighted by molar-refractivity contribution is 6.03. The molecule has 27 heavy (non-hydrogen) atoms. The average Bonchev–Trinajstić information content (AvgIpc) is 2.70. The zero-order chi connectivity index (χ0) is 18.6. The number of pyridine rings is 1. The number of hydrogen-bond donors (Lipinski definition) is 2. The zero-order valence-electron chi connectivity index (χ0n) is 14.2. The van der Waals surface area contributed by atoms with E-state index in [1.165, 1.54) is 12.3 Å². The van der Waals surface area contributed by atoms with Gasteiger partial charge in [-0.1, -0.05) is 12.1 Å². The lowest BCUT2D eigenvalue weighted by Crippen LogP contribution is -2.17. The zero-order valence-corrected chi connectivity index (χ0v) is 14.2. The van der Waals surface area contributed by atoms with Crippen molar-refractivity contribution in [2.45, 2.75) is 0 Å². The fourth-order valence-electron chi connectivity index (χ4n) is 2.67. The predicted octanol–water partition coefficient (Wildman–Crippen LogP) is 3.99. The summed E-state index contributed by atoms with van der Waals surface area (Å²) in [4.78, 5) is 16.6. The van der Waals surface area contributed by atoms with E-state index in [1.807, 2.05) is 0 Å². The minimum absolute atomic E-state index is 0.200. The molecule has 1 aliphatic rings. The van der Waals surface area contributed by atoms with Crippen molar-refractivity contribution >= 4 is 23.0 Å². The molecule has 136 valence electrons. The lowest BCUT2D eigenvalue weighted by Gasteiger charge is -2.19. The van der Waals surface area contributed by atoms with Crippen LogP contribution in [0.25, 0.3) is 0 Å². The Morgan fingerprint density at radius 2 is 1.78 bits per heavy atom. The van der Waals surface area contributed by atoms with E-state index < -0.39 is 0 Å². The molecule has 2 aromatic carbocycles. The van der Waals surface area contributed by atoms with Crippen molar-refractivity contribution in [3.8, 4) is 11.5 Å². The second-order valence-electron chi connectivity index (χ2n) is 5.85. The Balaban J connectivity index is 1.50. The maximum Gasteiger partial charge on any atom is 0.274 e. The Bertz CT molecular complexity index is 994. The first-order valence-corrected chi connectivity index (χ1v) is 8.38. The monoisotopic (exact) mass is 365 g/mol. The second-order valence-corrected chi connectivity index (χ2v) is 5.85. The van der Waals surface area contributed by atoms with E-state index in [0.29, 0.717) is 41.8 Å². The van der Waals surface area contributed by atoms with Crippen LogP contribution in [0.2, 0.25) is 0 Å². The number of anilines is 3. The van der Waals surface area contributed by atoms with Gasteiger partial charge in [0.05, 0.1) is 5.69 Å². The molecule has 1 aromatic heterocycles. The highest BCUT2D eigenvalue weighted by atomic mass is 19.1. The van der Waals surface area contributed by atoms with Crippen molar-refractivity contribution in [3.63, 3.8) is 0 Å². The first-order valence-electron chi connectivity index (χ1n) is 8.38. The minimum atomic E-state index is -0.385. The summed E-state index contributed by atoms with van der Waals surface area (Å²) in [6.45, 7) is 0.972. The van der Waals surface area contributed by atoms with Crippen molar-refractivity contribution in [1.82, 2.24) is 4.98 Å². The van der Waals surface area contributed by atoms with Gasteiger partial charge in [0.2, 0.25) is 0 Å². The normalized spacial score (nSPS) is 12.3. The molecule has 0 atom stereocenters. The molecule has 0 radical (unpaired) electrons. The van der Waals surface area contributed by atoms with E-state index in [2.05, 4.69) is 15.6 Å². The molecule has 2 heterocycles. The van der Waals surface area contributed by atoms with Crippen LogP contribution in [-0.4, -0.2) is 24.1 Å². The van der Waals surface area contributed by atoms with Gasteiger partial charge in [0.1, 0.15) is 24.7 Å². The molecule has 0 aliphatic carbocycles. The summed E-state index contributed by atoms with van der Waals surface area (Å²) in [5.74, 6) is 0.468. The highest BCUT2D eigenvalue weighted by Gasteiger charge is 2.14. The fourth-order valence-corrected chi connectivity index (χ4v) is 2.67. The summed E-state index contributed by atoms with van der Waals surface area (Å²) in [6, 6.07) is 14.7. The molecular weight excluding hydrogens is 349 g/mol. The molecule has 1 amide bonds. The standard InChI is InChI=1S/C20H16FN3O3/c21-15-3-1-2-4-16(15)23-14-7-8-22-17(11-14)20(25)24-13-5-6-18-19(12-13)27-10-9-26-18/h1-8,11-12H,9-10H2,(H,22,23)(H,24,25). The van der Waals surface area contributed by atoms with Gasteiger partial charge in [-0.05, 0) is 36.4 Å². The highest BCUT2D eigenvalue weighted by Crippen LogP contribution is 2.32. The molecule has 6 nitrogen and oxygen atoms in total. The Hall–Kier alpha value is -3.61. The molecule has 2 N–H and O–H groups in total. The van der Waals surface area contributed by atoms with Crippen LogP contribution in [0.4, 0.5) is 21.5 Å². The lowest BCUT2D eigenvalue weighted by molar-refractivity contribution is 0.102. The van der Waals surface area contributed by atoms with E-state index >= 15 is 0 Å². The number of fused-ring (bicyclic) bond motifs is 1. The second kappa shape index (κ2) is 7.33. The van der Waals surface area contributed by atoms with Crippen molar-refractivity contribution in [2.24, 2.45) is 0 Å². The third kappa shape index (κ3) is 3.82. The SMILES string of the molecule is O=C(Nc1ccc2c(c1)OCCO2)c1cc(Nc2ccccc2F)ccn1. The van der Waals surface area contributed by atoms with Crippen LogP contribution >= 0.6 is 0 Å². The van der Waals surface area contributed by atoms with Crippen molar-refractivity contribution < 1.29 is 18.7 Å². The van der Waals surface area contributed by atoms with Crippen LogP contribution in [0.1, 0.15) is 10.5 Å². The van der Waals surface area contributed by atoms with E-state index in [0.717, 1.165) is 0 Å². The van der Waals surface area contributed by atoms with Gasteiger partial charge in [0.25, 0.3) is 5.91 Å². The number of rotatable bonds is 4. The average molecular weight is 365 g/mol. The Morgan fingerprint density at radius 3 is 2.63 bits per heavy atom. The van der Waals surface area contributed by atoms with Gasteiger partial charge in [0, 0.05) is 23.6 Å². The lowest BCUT2D eigenvalue weighted by atomic mass is 10.2. The van der Waals surface area contributed by atoms with Gasteiger partial charge in [-0.15, -0.1) is 0 Å². The molecular formula is C20H16FN3O3. The number of benzene rings is 2. The van der Waals surface area contributed by atoms with E-state index in [-0.39, 0.29) is 17.4 Å². The molecule has 7 heteroatoms. The van der Waals surface area contributed by atoms with Crippen molar-refractivity contribution in [3.05, 3.63) is 72.3 Å². The number of aromatic nitrogens is 1. The molecule has 0 saturated heterocycles. The Kier molecular flexibility index (Phi) is 4.57. The van der Waals surface area contributed by atoms with E-state index in [9.17, 15) is 9.18 Å². The quantitative estimate of drug-likeness (QED) is 0.731. The fraction of sp³-hybridized carbons (Fsp3) is 0.100. The van der Waals surface area contributed by atoms with E-state index in [4.69, 9.17) is 9.47 Å². The smallest absolute Gasteiger partial charge is 0.274 e. The van der Waals surface area contributed by atoms with Crippen LogP contribution in [0, 0.1) is 5.82 Å². The van der Waals surface area contributed by atoms with Gasteiger partial charge in [-0.2, -0.15) is 0 Å². The molecule has 0 bridgehead atoms. The first kappa shape index (κ1) is 16.8. The number of carbonyl (C=O) groups is 1. The van der Waals surface area contributed by atoms with Gasteiger partial charge in [-0.3, -0.25) is 9.78 Å². The molecule has 1 aliphatic heterocycles. The molecule has 0 saturated carbocycles. The summed E-state index contributed by atoms with van der Waals surface area (Å²) in [6.07, 6.45) is 1.49. The summed E-state index contributed by atoms with van der Waals surface area (Å²) >= 11 is 0. The summed E-state index contributed by atoms with van der Waals surface area (Å²) in [7, 11) is 0. The number of hydrogen-bond acceptors (Lipinski definition) is 5.